The largest absolute Gasteiger partial charge is 0.475 e. The van der Waals surface area contributed by atoms with Gasteiger partial charge >= 0.3 is 5.97 Å². The number of aromatic carboxylic acids is 1. The van der Waals surface area contributed by atoms with Gasteiger partial charge in [0, 0.05) is 18.5 Å². The molecule has 2 rings (SSSR count). The van der Waals surface area contributed by atoms with Crippen LogP contribution >= 0.6 is 0 Å². The number of rotatable bonds is 3. The van der Waals surface area contributed by atoms with E-state index in [0.717, 1.165) is 19.4 Å². The summed E-state index contributed by atoms with van der Waals surface area (Å²) in [5, 5.41) is 8.86. The molecule has 0 radical (unpaired) electrons. The Balaban J connectivity index is 2.10. The van der Waals surface area contributed by atoms with E-state index in [1.54, 1.807) is 17.9 Å². The number of furan rings is 1. The SMILES string of the molecule is Cc1cc(CN2CCCCC2=O)oc1C(=O)O. The number of nitrogens with zero attached hydrogens (tertiary/aromatic N) is 1. The van der Waals surface area contributed by atoms with Crippen LogP contribution in [0, 0.1) is 6.92 Å². The fraction of sp³-hybridized carbons (Fsp3) is 0.500. The molecule has 2 heterocycles. The number of carboxylic acids is 1. The molecular formula is C12H15NO4. The van der Waals surface area contributed by atoms with Crippen LogP contribution in [0.3, 0.4) is 0 Å². The van der Waals surface area contributed by atoms with Crippen molar-refractivity contribution in [3.8, 4) is 0 Å². The van der Waals surface area contributed by atoms with Crippen molar-refractivity contribution in [3.05, 3.63) is 23.2 Å². The summed E-state index contributed by atoms with van der Waals surface area (Å²) in [5.74, 6) is -0.458. The van der Waals surface area contributed by atoms with Crippen molar-refractivity contribution < 1.29 is 19.1 Å². The quantitative estimate of drug-likeness (QED) is 0.870. The van der Waals surface area contributed by atoms with E-state index in [9.17, 15) is 9.59 Å². The van der Waals surface area contributed by atoms with E-state index in [1.807, 2.05) is 0 Å². The van der Waals surface area contributed by atoms with Crippen molar-refractivity contribution in [1.29, 1.82) is 0 Å². The van der Waals surface area contributed by atoms with Crippen LogP contribution < -0.4 is 0 Å². The molecule has 5 nitrogen and oxygen atoms in total. The molecule has 1 amide bonds. The first-order chi connectivity index (χ1) is 8.08. The predicted molar refractivity (Wildman–Crippen MR) is 59.7 cm³/mol. The molecule has 0 saturated carbocycles. The Morgan fingerprint density at radius 2 is 2.29 bits per heavy atom. The molecular weight excluding hydrogens is 222 g/mol. The van der Waals surface area contributed by atoms with E-state index >= 15 is 0 Å². The second-order valence-electron chi connectivity index (χ2n) is 4.30. The standard InChI is InChI=1S/C12H15NO4/c1-8-6-9(17-11(8)12(15)16)7-13-5-3-2-4-10(13)14/h6H,2-5,7H2,1H3,(H,15,16). The molecule has 0 unspecified atom stereocenters. The molecule has 1 aromatic heterocycles. The monoisotopic (exact) mass is 237 g/mol. The fourth-order valence-electron chi connectivity index (χ4n) is 2.06. The van der Waals surface area contributed by atoms with Crippen molar-refractivity contribution >= 4 is 11.9 Å². The highest BCUT2D eigenvalue weighted by atomic mass is 16.4. The van der Waals surface area contributed by atoms with Gasteiger partial charge in [0.1, 0.15) is 5.76 Å². The summed E-state index contributed by atoms with van der Waals surface area (Å²) in [5.41, 5.74) is 0.594. The van der Waals surface area contributed by atoms with Crippen LogP contribution in [0.5, 0.6) is 0 Å². The Hall–Kier alpha value is -1.78. The summed E-state index contributed by atoms with van der Waals surface area (Å²) in [6.07, 6.45) is 2.51. The number of carbonyl (C=O) groups is 2. The van der Waals surface area contributed by atoms with Gasteiger partial charge in [-0.15, -0.1) is 0 Å². The summed E-state index contributed by atoms with van der Waals surface area (Å²) in [4.78, 5) is 24.1. The molecule has 0 aromatic carbocycles. The minimum absolute atomic E-state index is 0.0375. The predicted octanol–water partition coefficient (Wildman–Crippen LogP) is 1.80. The Morgan fingerprint density at radius 1 is 1.53 bits per heavy atom. The number of carbonyl (C=O) groups excluding carboxylic acids is 1. The van der Waals surface area contributed by atoms with Gasteiger partial charge in [-0.3, -0.25) is 4.79 Å². The Morgan fingerprint density at radius 3 is 2.88 bits per heavy atom. The Labute approximate surface area is 99.0 Å². The van der Waals surface area contributed by atoms with Crippen LogP contribution in [0.1, 0.15) is 41.1 Å². The first-order valence-corrected chi connectivity index (χ1v) is 5.68. The van der Waals surface area contributed by atoms with E-state index in [-0.39, 0.29) is 11.7 Å². The lowest BCUT2D eigenvalue weighted by atomic mass is 10.1. The second-order valence-corrected chi connectivity index (χ2v) is 4.30. The molecule has 92 valence electrons. The number of hydrogen-bond donors (Lipinski definition) is 1. The summed E-state index contributed by atoms with van der Waals surface area (Å²) in [7, 11) is 0. The third-order valence-corrected chi connectivity index (χ3v) is 2.93. The zero-order valence-electron chi connectivity index (χ0n) is 9.73. The second kappa shape index (κ2) is 4.61. The fourth-order valence-corrected chi connectivity index (χ4v) is 2.06. The lowest BCUT2D eigenvalue weighted by molar-refractivity contribution is -0.134. The van der Waals surface area contributed by atoms with Gasteiger partial charge in [-0.05, 0) is 25.8 Å². The van der Waals surface area contributed by atoms with Gasteiger partial charge in [0.15, 0.2) is 0 Å². The maximum Gasteiger partial charge on any atom is 0.372 e. The normalized spacial score (nSPS) is 16.3. The summed E-state index contributed by atoms with van der Waals surface area (Å²) in [6.45, 7) is 2.78. The Bertz CT molecular complexity index is 449. The van der Waals surface area contributed by atoms with Gasteiger partial charge < -0.3 is 14.4 Å². The van der Waals surface area contributed by atoms with Crippen LogP contribution in [0.25, 0.3) is 0 Å². The van der Waals surface area contributed by atoms with Gasteiger partial charge in [0.2, 0.25) is 11.7 Å². The van der Waals surface area contributed by atoms with Gasteiger partial charge in [0.05, 0.1) is 6.54 Å². The minimum atomic E-state index is -1.07. The smallest absolute Gasteiger partial charge is 0.372 e. The highest BCUT2D eigenvalue weighted by Crippen LogP contribution is 2.19. The molecule has 5 heteroatoms. The van der Waals surface area contributed by atoms with Gasteiger partial charge in [-0.2, -0.15) is 0 Å². The number of carboxylic acid groups (broad SMARTS) is 1. The topological polar surface area (TPSA) is 70.8 Å². The average molecular weight is 237 g/mol. The van der Waals surface area contributed by atoms with E-state index in [4.69, 9.17) is 9.52 Å². The first kappa shape index (κ1) is 11.7. The van der Waals surface area contributed by atoms with Gasteiger partial charge in [-0.1, -0.05) is 0 Å². The van der Waals surface area contributed by atoms with Crippen molar-refractivity contribution in [2.24, 2.45) is 0 Å². The maximum absolute atomic E-state index is 11.6. The molecule has 1 saturated heterocycles. The van der Waals surface area contributed by atoms with Crippen LogP contribution in [0.15, 0.2) is 10.5 Å². The first-order valence-electron chi connectivity index (χ1n) is 5.68. The number of piperidine rings is 1. The van der Waals surface area contributed by atoms with Crippen LogP contribution in [0.4, 0.5) is 0 Å². The van der Waals surface area contributed by atoms with E-state index in [1.165, 1.54) is 0 Å². The van der Waals surface area contributed by atoms with E-state index in [0.29, 0.717) is 24.3 Å². The molecule has 0 atom stereocenters. The van der Waals surface area contributed by atoms with E-state index < -0.39 is 5.97 Å². The average Bonchev–Trinajstić information content (AvgIpc) is 2.63. The van der Waals surface area contributed by atoms with Crippen LogP contribution in [0.2, 0.25) is 0 Å². The van der Waals surface area contributed by atoms with Crippen LogP contribution in [-0.2, 0) is 11.3 Å². The summed E-state index contributed by atoms with van der Waals surface area (Å²) in [6, 6.07) is 1.69. The molecule has 1 aliphatic heterocycles. The number of aryl methyl sites for hydroxylation is 1. The van der Waals surface area contributed by atoms with Crippen molar-refractivity contribution in [3.63, 3.8) is 0 Å². The van der Waals surface area contributed by atoms with Crippen molar-refractivity contribution in [1.82, 2.24) is 4.90 Å². The highest BCUT2D eigenvalue weighted by molar-refractivity contribution is 5.86. The van der Waals surface area contributed by atoms with Crippen LogP contribution in [-0.4, -0.2) is 28.4 Å². The third-order valence-electron chi connectivity index (χ3n) is 2.93. The molecule has 1 fully saturated rings. The zero-order chi connectivity index (χ0) is 12.4. The highest BCUT2D eigenvalue weighted by Gasteiger charge is 2.21. The number of hydrogen-bond acceptors (Lipinski definition) is 3. The third kappa shape index (κ3) is 2.49. The lowest BCUT2D eigenvalue weighted by Crippen LogP contribution is -2.34. The molecule has 0 spiro atoms. The van der Waals surface area contributed by atoms with Crippen molar-refractivity contribution in [2.75, 3.05) is 6.54 Å². The Kier molecular flexibility index (Phi) is 3.17. The zero-order valence-corrected chi connectivity index (χ0v) is 9.73. The van der Waals surface area contributed by atoms with Crippen molar-refractivity contribution in [2.45, 2.75) is 32.7 Å². The summed E-state index contributed by atoms with van der Waals surface area (Å²) < 4.78 is 5.23. The van der Waals surface area contributed by atoms with Gasteiger partial charge in [0.25, 0.3) is 0 Å². The number of amides is 1. The minimum Gasteiger partial charge on any atom is -0.475 e. The van der Waals surface area contributed by atoms with E-state index in [2.05, 4.69) is 0 Å². The molecule has 17 heavy (non-hydrogen) atoms. The molecule has 1 aromatic rings. The molecule has 1 aliphatic rings. The molecule has 0 aliphatic carbocycles. The lowest BCUT2D eigenvalue weighted by Gasteiger charge is -2.25. The number of likely N-dealkylation sites (tertiary alicyclic amines) is 1. The molecule has 1 N–H and O–H groups in total. The molecule has 0 bridgehead atoms. The summed E-state index contributed by atoms with van der Waals surface area (Å²) >= 11 is 0. The van der Waals surface area contributed by atoms with Gasteiger partial charge in [-0.25, -0.2) is 4.79 Å². The maximum atomic E-state index is 11.6.